The Labute approximate surface area is 119 Å². The van der Waals surface area contributed by atoms with Crippen LogP contribution in [-0.2, 0) is 6.61 Å². The molecule has 0 fully saturated rings. The molecule has 0 saturated heterocycles. The quantitative estimate of drug-likeness (QED) is 0.625. The Bertz CT molecular complexity index is 613. The van der Waals surface area contributed by atoms with Crippen LogP contribution in [0, 0.1) is 17.0 Å². The number of para-hydroxylation sites is 1. The number of halogens is 1. The maximum atomic E-state index is 10.9. The molecule has 0 aliphatic heterocycles. The largest absolute Gasteiger partial charge is 0.489 e. The van der Waals surface area contributed by atoms with Crippen LogP contribution < -0.4 is 4.74 Å². The Balaban J connectivity index is 2.14. The molecule has 0 radical (unpaired) electrons. The highest BCUT2D eigenvalue weighted by molar-refractivity contribution is 9.10. The van der Waals surface area contributed by atoms with E-state index in [1.165, 1.54) is 6.07 Å². The van der Waals surface area contributed by atoms with Gasteiger partial charge in [0, 0.05) is 10.5 Å². The molecule has 0 bridgehead atoms. The fourth-order valence-corrected chi connectivity index (χ4v) is 1.93. The molecule has 0 aliphatic carbocycles. The van der Waals surface area contributed by atoms with Crippen molar-refractivity contribution in [1.29, 1.82) is 0 Å². The molecule has 0 spiro atoms. The molecule has 2 aromatic rings. The SMILES string of the molecule is Cc1cc(OCc2ccccc2[N+](=O)[O-])ccc1Br. The molecule has 98 valence electrons. The van der Waals surface area contributed by atoms with E-state index in [0.717, 1.165) is 10.0 Å². The monoisotopic (exact) mass is 321 g/mol. The lowest BCUT2D eigenvalue weighted by atomic mass is 10.2. The minimum atomic E-state index is -0.397. The predicted molar refractivity (Wildman–Crippen MR) is 76.3 cm³/mol. The first-order valence-electron chi connectivity index (χ1n) is 5.69. The van der Waals surface area contributed by atoms with Crippen molar-refractivity contribution in [3.63, 3.8) is 0 Å². The van der Waals surface area contributed by atoms with Gasteiger partial charge in [-0.1, -0.05) is 28.1 Å². The lowest BCUT2D eigenvalue weighted by Gasteiger charge is -2.08. The summed E-state index contributed by atoms with van der Waals surface area (Å²) in [6.45, 7) is 2.14. The standard InChI is InChI=1S/C14H12BrNO3/c1-10-8-12(6-7-13(10)15)19-9-11-4-2-3-5-14(11)16(17)18/h2-8H,9H2,1H3. The van der Waals surface area contributed by atoms with Crippen LogP contribution in [0.4, 0.5) is 5.69 Å². The zero-order chi connectivity index (χ0) is 13.8. The number of aryl methyl sites for hydroxylation is 1. The molecular weight excluding hydrogens is 310 g/mol. The predicted octanol–water partition coefficient (Wildman–Crippen LogP) is 4.24. The van der Waals surface area contributed by atoms with Gasteiger partial charge in [-0.05, 0) is 36.8 Å². The number of nitro benzene ring substituents is 1. The van der Waals surface area contributed by atoms with Crippen molar-refractivity contribution in [2.24, 2.45) is 0 Å². The maximum Gasteiger partial charge on any atom is 0.276 e. The fourth-order valence-electron chi connectivity index (χ4n) is 1.68. The Morgan fingerprint density at radius 2 is 2.00 bits per heavy atom. The summed E-state index contributed by atoms with van der Waals surface area (Å²) in [6.07, 6.45) is 0. The van der Waals surface area contributed by atoms with Gasteiger partial charge in [0.15, 0.2) is 0 Å². The molecular formula is C14H12BrNO3. The van der Waals surface area contributed by atoms with Gasteiger partial charge in [-0.2, -0.15) is 0 Å². The average Bonchev–Trinajstić information content (AvgIpc) is 2.40. The third kappa shape index (κ3) is 3.32. The number of hydrogen-bond donors (Lipinski definition) is 0. The maximum absolute atomic E-state index is 10.9. The molecule has 0 aromatic heterocycles. The molecule has 0 saturated carbocycles. The van der Waals surface area contributed by atoms with Crippen LogP contribution in [0.15, 0.2) is 46.9 Å². The number of hydrogen-bond acceptors (Lipinski definition) is 3. The number of benzene rings is 2. The van der Waals surface area contributed by atoms with E-state index in [2.05, 4.69) is 15.9 Å². The summed E-state index contributed by atoms with van der Waals surface area (Å²) in [7, 11) is 0. The van der Waals surface area contributed by atoms with E-state index in [1.807, 2.05) is 25.1 Å². The summed E-state index contributed by atoms with van der Waals surface area (Å²) < 4.78 is 6.60. The van der Waals surface area contributed by atoms with Crippen LogP contribution in [0.2, 0.25) is 0 Å². The molecule has 0 N–H and O–H groups in total. The van der Waals surface area contributed by atoms with Gasteiger partial charge in [-0.3, -0.25) is 10.1 Å². The zero-order valence-electron chi connectivity index (χ0n) is 10.3. The first kappa shape index (κ1) is 13.5. The van der Waals surface area contributed by atoms with Crippen molar-refractivity contribution in [2.75, 3.05) is 0 Å². The lowest BCUT2D eigenvalue weighted by Crippen LogP contribution is -2.00. The van der Waals surface area contributed by atoms with E-state index in [1.54, 1.807) is 18.2 Å². The van der Waals surface area contributed by atoms with Crippen LogP contribution in [0.3, 0.4) is 0 Å². The normalized spacial score (nSPS) is 10.2. The molecule has 19 heavy (non-hydrogen) atoms. The topological polar surface area (TPSA) is 52.4 Å². The summed E-state index contributed by atoms with van der Waals surface area (Å²) in [5.74, 6) is 0.693. The highest BCUT2D eigenvalue weighted by atomic mass is 79.9. The summed E-state index contributed by atoms with van der Waals surface area (Å²) in [6, 6.07) is 12.2. The summed E-state index contributed by atoms with van der Waals surface area (Å²) >= 11 is 3.41. The smallest absolute Gasteiger partial charge is 0.276 e. The van der Waals surface area contributed by atoms with Gasteiger partial charge in [0.05, 0.1) is 10.5 Å². The van der Waals surface area contributed by atoms with E-state index in [-0.39, 0.29) is 12.3 Å². The Morgan fingerprint density at radius 1 is 1.26 bits per heavy atom. The Hall–Kier alpha value is -1.88. The molecule has 2 rings (SSSR count). The van der Waals surface area contributed by atoms with Gasteiger partial charge in [-0.15, -0.1) is 0 Å². The minimum Gasteiger partial charge on any atom is -0.489 e. The van der Waals surface area contributed by atoms with Gasteiger partial charge >= 0.3 is 0 Å². The highest BCUT2D eigenvalue weighted by Gasteiger charge is 2.12. The Kier molecular flexibility index (Phi) is 4.16. The van der Waals surface area contributed by atoms with Gasteiger partial charge in [-0.25, -0.2) is 0 Å². The third-order valence-electron chi connectivity index (χ3n) is 2.71. The van der Waals surface area contributed by atoms with Gasteiger partial charge in [0.25, 0.3) is 5.69 Å². The molecule has 0 aliphatic rings. The molecule has 0 atom stereocenters. The van der Waals surface area contributed by atoms with Crippen molar-refractivity contribution < 1.29 is 9.66 Å². The first-order chi connectivity index (χ1) is 9.08. The molecule has 4 nitrogen and oxygen atoms in total. The van der Waals surface area contributed by atoms with E-state index in [0.29, 0.717) is 11.3 Å². The number of nitrogens with zero attached hydrogens (tertiary/aromatic N) is 1. The Morgan fingerprint density at radius 3 is 2.68 bits per heavy atom. The summed E-state index contributed by atoms with van der Waals surface area (Å²) in [4.78, 5) is 10.5. The second-order valence-electron chi connectivity index (χ2n) is 4.09. The molecule has 5 heteroatoms. The van der Waals surface area contributed by atoms with Gasteiger partial charge in [0.1, 0.15) is 12.4 Å². The highest BCUT2D eigenvalue weighted by Crippen LogP contribution is 2.24. The van der Waals surface area contributed by atoms with Crippen molar-refractivity contribution in [3.05, 3.63) is 68.2 Å². The van der Waals surface area contributed by atoms with Gasteiger partial charge in [0.2, 0.25) is 0 Å². The van der Waals surface area contributed by atoms with Crippen molar-refractivity contribution in [1.82, 2.24) is 0 Å². The number of rotatable bonds is 4. The van der Waals surface area contributed by atoms with Crippen molar-refractivity contribution >= 4 is 21.6 Å². The van der Waals surface area contributed by atoms with E-state index < -0.39 is 4.92 Å². The molecule has 0 unspecified atom stereocenters. The fraction of sp³-hybridized carbons (Fsp3) is 0.143. The van der Waals surface area contributed by atoms with Crippen LogP contribution in [-0.4, -0.2) is 4.92 Å². The lowest BCUT2D eigenvalue weighted by molar-refractivity contribution is -0.385. The summed E-state index contributed by atoms with van der Waals surface area (Å²) in [5, 5.41) is 10.9. The van der Waals surface area contributed by atoms with Gasteiger partial charge < -0.3 is 4.74 Å². The minimum absolute atomic E-state index is 0.0799. The van der Waals surface area contributed by atoms with Crippen LogP contribution in [0.1, 0.15) is 11.1 Å². The van der Waals surface area contributed by atoms with E-state index in [4.69, 9.17) is 4.74 Å². The van der Waals surface area contributed by atoms with Crippen LogP contribution in [0.25, 0.3) is 0 Å². The van der Waals surface area contributed by atoms with Crippen molar-refractivity contribution in [3.8, 4) is 5.75 Å². The third-order valence-corrected chi connectivity index (χ3v) is 3.60. The zero-order valence-corrected chi connectivity index (χ0v) is 11.9. The van der Waals surface area contributed by atoms with E-state index >= 15 is 0 Å². The van der Waals surface area contributed by atoms with E-state index in [9.17, 15) is 10.1 Å². The molecule has 0 heterocycles. The molecule has 2 aromatic carbocycles. The number of ether oxygens (including phenoxy) is 1. The average molecular weight is 322 g/mol. The molecule has 0 amide bonds. The first-order valence-corrected chi connectivity index (χ1v) is 6.48. The second kappa shape index (κ2) is 5.84. The number of nitro groups is 1. The second-order valence-corrected chi connectivity index (χ2v) is 4.94. The summed E-state index contributed by atoms with van der Waals surface area (Å²) in [5.41, 5.74) is 1.70. The van der Waals surface area contributed by atoms with Crippen LogP contribution in [0.5, 0.6) is 5.75 Å². The van der Waals surface area contributed by atoms with Crippen LogP contribution >= 0.6 is 15.9 Å². The van der Waals surface area contributed by atoms with Crippen molar-refractivity contribution in [2.45, 2.75) is 13.5 Å².